The Labute approximate surface area is 267 Å². The van der Waals surface area contributed by atoms with Gasteiger partial charge in [0, 0.05) is 88.7 Å². The summed E-state index contributed by atoms with van der Waals surface area (Å²) in [6.45, 7) is 10.1. The quantitative estimate of drug-likeness (QED) is 0.315. The van der Waals surface area contributed by atoms with Crippen molar-refractivity contribution < 1.29 is 13.2 Å². The molecule has 0 bridgehead atoms. The SMILES string of the molecule is COc1cc(N2CCC(N3CCN(C)CC3)CC2)ccc1Cc1ncc(Cl)c(Cc2ccccc2N(C)S(=O)(=O)C(C)C)n1. The van der Waals surface area contributed by atoms with Gasteiger partial charge in [-0.3, -0.25) is 9.21 Å². The lowest BCUT2D eigenvalue weighted by Gasteiger charge is -2.42. The van der Waals surface area contributed by atoms with E-state index < -0.39 is 15.3 Å². The summed E-state index contributed by atoms with van der Waals surface area (Å²) in [5, 5.41) is -0.0923. The molecule has 0 N–H and O–H groups in total. The number of halogens is 1. The number of nitrogens with zero attached hydrogens (tertiary/aromatic N) is 6. The van der Waals surface area contributed by atoms with Crippen LogP contribution in [0.3, 0.4) is 0 Å². The summed E-state index contributed by atoms with van der Waals surface area (Å²) >= 11 is 6.56. The third-order valence-electron chi connectivity index (χ3n) is 9.04. The van der Waals surface area contributed by atoms with E-state index >= 15 is 0 Å². The molecule has 0 radical (unpaired) electrons. The fraction of sp³-hybridized carbons (Fsp3) is 0.515. The molecule has 0 aliphatic carbocycles. The molecule has 2 fully saturated rings. The minimum absolute atomic E-state index is 0.378. The molecule has 44 heavy (non-hydrogen) atoms. The topological polar surface area (TPSA) is 82.1 Å². The van der Waals surface area contributed by atoms with E-state index in [4.69, 9.17) is 21.3 Å². The number of hydrogen-bond donors (Lipinski definition) is 0. The van der Waals surface area contributed by atoms with Crippen LogP contribution in [0.5, 0.6) is 5.75 Å². The molecule has 1 aromatic heterocycles. The van der Waals surface area contributed by atoms with Gasteiger partial charge in [-0.1, -0.05) is 35.9 Å². The van der Waals surface area contributed by atoms with Gasteiger partial charge in [0.15, 0.2) is 0 Å². The lowest BCUT2D eigenvalue weighted by atomic mass is 10.0. The van der Waals surface area contributed by atoms with E-state index in [1.54, 1.807) is 34.2 Å². The number of benzene rings is 2. The second-order valence-corrected chi connectivity index (χ2v) is 15.1. The summed E-state index contributed by atoms with van der Waals surface area (Å²) in [6, 6.07) is 14.5. The van der Waals surface area contributed by atoms with Gasteiger partial charge in [0.2, 0.25) is 10.0 Å². The highest BCUT2D eigenvalue weighted by molar-refractivity contribution is 7.93. The van der Waals surface area contributed by atoms with Gasteiger partial charge in [-0.2, -0.15) is 0 Å². The number of ether oxygens (including phenoxy) is 1. The standard InChI is InChI=1S/C33H45ClN6O3S/c1-24(2)44(41,42)38(4)31-9-7-6-8-25(31)20-30-29(34)23-35-33(36-30)21-26-10-11-28(22-32(26)43-5)39-14-12-27(13-15-39)40-18-16-37(3)17-19-40/h6-11,22-24,27H,12-21H2,1-5H3. The lowest BCUT2D eigenvalue weighted by molar-refractivity contribution is 0.0982. The molecule has 2 aliphatic heterocycles. The van der Waals surface area contributed by atoms with Crippen LogP contribution >= 0.6 is 11.6 Å². The van der Waals surface area contributed by atoms with Crippen molar-refractivity contribution in [1.29, 1.82) is 0 Å². The number of aromatic nitrogens is 2. The minimum Gasteiger partial charge on any atom is -0.496 e. The molecule has 0 saturated carbocycles. The van der Waals surface area contributed by atoms with Crippen LogP contribution in [0.1, 0.15) is 49.3 Å². The molecule has 9 nitrogen and oxygen atoms in total. The van der Waals surface area contributed by atoms with Gasteiger partial charge in [0.1, 0.15) is 11.6 Å². The Morgan fingerprint density at radius 2 is 1.70 bits per heavy atom. The molecular weight excluding hydrogens is 596 g/mol. The second-order valence-electron chi connectivity index (χ2n) is 12.2. The molecule has 0 atom stereocenters. The van der Waals surface area contributed by atoms with Crippen molar-refractivity contribution in [2.45, 2.75) is 50.8 Å². The number of hydrogen-bond acceptors (Lipinski definition) is 8. The molecule has 5 rings (SSSR count). The molecule has 2 aromatic carbocycles. The van der Waals surface area contributed by atoms with E-state index in [0.29, 0.717) is 41.1 Å². The zero-order valence-electron chi connectivity index (χ0n) is 26.5. The highest BCUT2D eigenvalue weighted by Crippen LogP contribution is 2.31. The zero-order valence-corrected chi connectivity index (χ0v) is 28.1. The van der Waals surface area contributed by atoms with E-state index in [1.165, 1.54) is 35.9 Å². The van der Waals surface area contributed by atoms with Crippen molar-refractivity contribution in [3.63, 3.8) is 0 Å². The van der Waals surface area contributed by atoms with Crippen LogP contribution in [-0.2, 0) is 22.9 Å². The van der Waals surface area contributed by atoms with Crippen LogP contribution in [0.2, 0.25) is 5.02 Å². The number of rotatable bonds is 10. The molecule has 2 aliphatic rings. The molecule has 3 aromatic rings. The van der Waals surface area contributed by atoms with Crippen molar-refractivity contribution in [1.82, 2.24) is 19.8 Å². The molecule has 0 unspecified atom stereocenters. The van der Waals surface area contributed by atoms with Crippen molar-refractivity contribution in [3.8, 4) is 5.75 Å². The molecule has 3 heterocycles. The van der Waals surface area contributed by atoms with Crippen LogP contribution in [0.25, 0.3) is 0 Å². The number of piperazine rings is 1. The van der Waals surface area contributed by atoms with Crippen LogP contribution < -0.4 is 13.9 Å². The molecule has 238 valence electrons. The summed E-state index contributed by atoms with van der Waals surface area (Å²) < 4.78 is 33.0. The second kappa shape index (κ2) is 14.0. The number of methoxy groups -OCH3 is 1. The first-order chi connectivity index (χ1) is 21.1. The molecule has 0 spiro atoms. The Morgan fingerprint density at radius 3 is 2.39 bits per heavy atom. The number of likely N-dealkylation sites (N-methyl/N-ethyl adjacent to an activating group) is 1. The highest BCUT2D eigenvalue weighted by atomic mass is 35.5. The summed E-state index contributed by atoms with van der Waals surface area (Å²) in [4.78, 5) is 16.9. The lowest BCUT2D eigenvalue weighted by Crippen LogP contribution is -2.52. The molecule has 0 amide bonds. The van der Waals surface area contributed by atoms with E-state index in [0.717, 1.165) is 43.1 Å². The van der Waals surface area contributed by atoms with Crippen LogP contribution in [0, 0.1) is 0 Å². The predicted octanol–water partition coefficient (Wildman–Crippen LogP) is 4.71. The average Bonchev–Trinajstić information content (AvgIpc) is 3.03. The summed E-state index contributed by atoms with van der Waals surface area (Å²) in [5.41, 5.74) is 4.27. The third-order valence-corrected chi connectivity index (χ3v) is 11.5. The Balaban J connectivity index is 1.28. The van der Waals surface area contributed by atoms with E-state index in [2.05, 4.69) is 44.9 Å². The van der Waals surface area contributed by atoms with Crippen molar-refractivity contribution in [2.24, 2.45) is 0 Å². The molecular formula is C33H45ClN6O3S. The fourth-order valence-corrected chi connectivity index (χ4v) is 7.42. The van der Waals surface area contributed by atoms with Gasteiger partial charge in [0.25, 0.3) is 0 Å². The van der Waals surface area contributed by atoms with Crippen LogP contribution in [0.4, 0.5) is 11.4 Å². The summed E-state index contributed by atoms with van der Waals surface area (Å²) in [6.07, 6.45) is 4.85. The first-order valence-corrected chi connectivity index (χ1v) is 17.3. The highest BCUT2D eigenvalue weighted by Gasteiger charge is 2.28. The number of piperidine rings is 1. The minimum atomic E-state index is -3.49. The van der Waals surface area contributed by atoms with Crippen LogP contribution in [-0.4, -0.2) is 100.0 Å². The van der Waals surface area contributed by atoms with Crippen molar-refractivity contribution in [3.05, 3.63) is 76.3 Å². The zero-order chi connectivity index (χ0) is 31.4. The Kier molecular flexibility index (Phi) is 10.3. The van der Waals surface area contributed by atoms with E-state index in [9.17, 15) is 8.42 Å². The predicted molar refractivity (Wildman–Crippen MR) is 179 cm³/mol. The van der Waals surface area contributed by atoms with E-state index in [1.807, 2.05) is 24.3 Å². The monoisotopic (exact) mass is 640 g/mol. The first-order valence-electron chi connectivity index (χ1n) is 15.5. The Hall–Kier alpha value is -2.92. The van der Waals surface area contributed by atoms with E-state index in [-0.39, 0.29) is 0 Å². The molecule has 11 heteroatoms. The maximum absolute atomic E-state index is 12.9. The summed E-state index contributed by atoms with van der Waals surface area (Å²) in [5.74, 6) is 1.44. The molecule has 2 saturated heterocycles. The largest absolute Gasteiger partial charge is 0.496 e. The van der Waals surface area contributed by atoms with Crippen molar-refractivity contribution in [2.75, 3.05) is 69.7 Å². The van der Waals surface area contributed by atoms with Gasteiger partial charge >= 0.3 is 0 Å². The third kappa shape index (κ3) is 7.30. The smallest absolute Gasteiger partial charge is 0.237 e. The van der Waals surface area contributed by atoms with Gasteiger partial charge in [-0.15, -0.1) is 0 Å². The van der Waals surface area contributed by atoms with Crippen LogP contribution in [0.15, 0.2) is 48.7 Å². The van der Waals surface area contributed by atoms with Gasteiger partial charge in [-0.05, 0) is 51.4 Å². The summed E-state index contributed by atoms with van der Waals surface area (Å²) in [7, 11) is 2.01. The number of para-hydroxylation sites is 1. The first kappa shape index (κ1) is 32.5. The average molecular weight is 641 g/mol. The Morgan fingerprint density at radius 1 is 1.00 bits per heavy atom. The maximum Gasteiger partial charge on any atom is 0.237 e. The Bertz CT molecular complexity index is 1540. The number of sulfonamides is 1. The fourth-order valence-electron chi connectivity index (χ4n) is 6.18. The van der Waals surface area contributed by atoms with Gasteiger partial charge < -0.3 is 14.5 Å². The van der Waals surface area contributed by atoms with Gasteiger partial charge in [0.05, 0.1) is 28.8 Å². The maximum atomic E-state index is 12.9. The number of anilines is 2. The van der Waals surface area contributed by atoms with Gasteiger partial charge in [-0.25, -0.2) is 18.4 Å². The van der Waals surface area contributed by atoms with Crippen molar-refractivity contribution >= 4 is 33.0 Å². The normalized spacial score (nSPS) is 17.3.